The number of pyridine rings is 1. The Hall–Kier alpha value is -1.79. The second-order valence-corrected chi connectivity index (χ2v) is 5.21. The van der Waals surface area contributed by atoms with Gasteiger partial charge in [-0.15, -0.1) is 0 Å². The molecule has 1 aliphatic rings. The van der Waals surface area contributed by atoms with Crippen molar-refractivity contribution in [1.29, 1.82) is 0 Å². The minimum atomic E-state index is -4.54. The maximum atomic E-state index is 12.8. The first-order chi connectivity index (χ1) is 9.84. The first-order valence-electron chi connectivity index (χ1n) is 6.99. The zero-order valence-corrected chi connectivity index (χ0v) is 11.8. The average Bonchev–Trinajstić information content (AvgIpc) is 3.22. The Kier molecular flexibility index (Phi) is 4.39. The molecule has 0 aliphatic heterocycles. The van der Waals surface area contributed by atoms with E-state index in [9.17, 15) is 18.0 Å². The second-order valence-electron chi connectivity index (χ2n) is 5.21. The molecule has 1 aromatic rings. The molecule has 1 saturated carbocycles. The highest BCUT2D eigenvalue weighted by Crippen LogP contribution is 2.35. The number of primary amides is 1. The van der Waals surface area contributed by atoms with Crippen LogP contribution in [0.5, 0.6) is 0 Å². The maximum absolute atomic E-state index is 12.8. The molecule has 116 valence electrons. The van der Waals surface area contributed by atoms with E-state index in [2.05, 4.69) is 4.98 Å². The third kappa shape index (κ3) is 3.65. The van der Waals surface area contributed by atoms with Crippen LogP contribution in [0.1, 0.15) is 48.7 Å². The number of aromatic nitrogens is 1. The Bertz CT molecular complexity index is 527. The molecule has 0 radical (unpaired) electrons. The van der Waals surface area contributed by atoms with Crippen LogP contribution in [-0.2, 0) is 6.18 Å². The van der Waals surface area contributed by atoms with Gasteiger partial charge in [0.15, 0.2) is 0 Å². The van der Waals surface area contributed by atoms with E-state index in [-0.39, 0.29) is 17.4 Å². The van der Waals surface area contributed by atoms with E-state index in [1.54, 1.807) is 4.90 Å². The first-order valence-corrected chi connectivity index (χ1v) is 6.99. The van der Waals surface area contributed by atoms with Crippen molar-refractivity contribution < 1.29 is 18.0 Å². The number of rotatable bonds is 6. The van der Waals surface area contributed by atoms with Gasteiger partial charge in [-0.3, -0.25) is 4.79 Å². The highest BCUT2D eigenvalue weighted by molar-refractivity contribution is 5.97. The number of anilines is 1. The molecule has 1 aliphatic carbocycles. The number of carbonyl (C=O) groups is 1. The SMILES string of the molecule is CCCCN(c1nc(C(F)(F)F)ccc1C(N)=O)C1CC1. The third-order valence-electron chi connectivity index (χ3n) is 3.44. The maximum Gasteiger partial charge on any atom is 0.433 e. The van der Waals surface area contributed by atoms with Crippen LogP contribution in [0.25, 0.3) is 0 Å². The van der Waals surface area contributed by atoms with E-state index in [1.165, 1.54) is 0 Å². The molecule has 1 heterocycles. The fourth-order valence-corrected chi connectivity index (χ4v) is 2.19. The van der Waals surface area contributed by atoms with E-state index < -0.39 is 17.8 Å². The van der Waals surface area contributed by atoms with E-state index in [4.69, 9.17) is 5.73 Å². The highest BCUT2D eigenvalue weighted by atomic mass is 19.4. The summed E-state index contributed by atoms with van der Waals surface area (Å²) in [5, 5.41) is 0. The van der Waals surface area contributed by atoms with Crippen LogP contribution in [0, 0.1) is 0 Å². The smallest absolute Gasteiger partial charge is 0.365 e. The van der Waals surface area contributed by atoms with Crippen molar-refractivity contribution in [2.24, 2.45) is 5.73 Å². The molecule has 0 unspecified atom stereocenters. The summed E-state index contributed by atoms with van der Waals surface area (Å²) in [7, 11) is 0. The number of carbonyl (C=O) groups excluding carboxylic acids is 1. The van der Waals surface area contributed by atoms with Gasteiger partial charge < -0.3 is 10.6 Å². The standard InChI is InChI=1S/C14H18F3N3O/c1-2-3-8-20(9-4-5-9)13-10(12(18)21)6-7-11(19-13)14(15,16)17/h6-7,9H,2-5,8H2,1H3,(H2,18,21). The molecule has 7 heteroatoms. The summed E-state index contributed by atoms with van der Waals surface area (Å²) in [5.74, 6) is -0.693. The minimum Gasteiger partial charge on any atom is -0.365 e. The van der Waals surface area contributed by atoms with Gasteiger partial charge >= 0.3 is 6.18 Å². The zero-order valence-electron chi connectivity index (χ0n) is 11.8. The van der Waals surface area contributed by atoms with E-state index in [0.717, 1.165) is 37.8 Å². The average molecular weight is 301 g/mol. The number of unbranched alkanes of at least 4 members (excludes halogenated alkanes) is 1. The topological polar surface area (TPSA) is 59.2 Å². The van der Waals surface area contributed by atoms with E-state index >= 15 is 0 Å². The van der Waals surface area contributed by atoms with Gasteiger partial charge in [-0.2, -0.15) is 13.2 Å². The Morgan fingerprint density at radius 2 is 2.10 bits per heavy atom. The summed E-state index contributed by atoms with van der Waals surface area (Å²) in [5.41, 5.74) is 4.33. The lowest BCUT2D eigenvalue weighted by atomic mass is 10.2. The number of alkyl halides is 3. The number of nitrogens with two attached hydrogens (primary N) is 1. The first kappa shape index (κ1) is 15.6. The molecule has 1 amide bonds. The Morgan fingerprint density at radius 3 is 2.57 bits per heavy atom. The second kappa shape index (κ2) is 5.91. The van der Waals surface area contributed by atoms with Crippen molar-refractivity contribution in [3.8, 4) is 0 Å². The van der Waals surface area contributed by atoms with Crippen LogP contribution in [0.4, 0.5) is 19.0 Å². The Labute approximate surface area is 121 Å². The predicted molar refractivity (Wildman–Crippen MR) is 73.0 cm³/mol. The van der Waals surface area contributed by atoms with Gasteiger partial charge in [-0.25, -0.2) is 4.98 Å². The molecule has 4 nitrogen and oxygen atoms in total. The number of hydrogen-bond acceptors (Lipinski definition) is 3. The summed E-state index contributed by atoms with van der Waals surface area (Å²) in [6.45, 7) is 2.58. The summed E-state index contributed by atoms with van der Waals surface area (Å²) < 4.78 is 38.5. The van der Waals surface area contributed by atoms with Crippen molar-refractivity contribution in [2.45, 2.75) is 44.8 Å². The molecule has 0 spiro atoms. The van der Waals surface area contributed by atoms with Gasteiger partial charge in [0.1, 0.15) is 11.5 Å². The van der Waals surface area contributed by atoms with Crippen LogP contribution in [0.15, 0.2) is 12.1 Å². The van der Waals surface area contributed by atoms with Crippen LogP contribution in [0.2, 0.25) is 0 Å². The summed E-state index contributed by atoms with van der Waals surface area (Å²) in [6, 6.07) is 2.08. The molecule has 1 aromatic heterocycles. The van der Waals surface area contributed by atoms with Gasteiger partial charge in [0, 0.05) is 12.6 Å². The molecule has 2 N–H and O–H groups in total. The lowest BCUT2D eigenvalue weighted by Gasteiger charge is -2.25. The molecule has 0 aromatic carbocycles. The predicted octanol–water partition coefficient (Wildman–Crippen LogP) is 2.97. The molecule has 0 saturated heterocycles. The largest absolute Gasteiger partial charge is 0.433 e. The van der Waals surface area contributed by atoms with Gasteiger partial charge in [0.25, 0.3) is 5.91 Å². The molecule has 0 atom stereocenters. The van der Waals surface area contributed by atoms with Crippen molar-refractivity contribution in [2.75, 3.05) is 11.4 Å². The van der Waals surface area contributed by atoms with Gasteiger partial charge in [0.05, 0.1) is 5.56 Å². The third-order valence-corrected chi connectivity index (χ3v) is 3.44. The fourth-order valence-electron chi connectivity index (χ4n) is 2.19. The van der Waals surface area contributed by atoms with Gasteiger partial charge in [-0.05, 0) is 31.4 Å². The normalized spacial score (nSPS) is 15.0. The monoisotopic (exact) mass is 301 g/mol. The van der Waals surface area contributed by atoms with Gasteiger partial charge in [0.2, 0.25) is 0 Å². The van der Waals surface area contributed by atoms with Crippen molar-refractivity contribution in [3.63, 3.8) is 0 Å². The van der Waals surface area contributed by atoms with Crippen molar-refractivity contribution in [3.05, 3.63) is 23.4 Å². The highest BCUT2D eigenvalue weighted by Gasteiger charge is 2.36. The summed E-state index contributed by atoms with van der Waals surface area (Å²) in [6.07, 6.45) is -0.995. The number of amides is 1. The number of nitrogens with zero attached hydrogens (tertiary/aromatic N) is 2. The molecule has 1 fully saturated rings. The molecular formula is C14H18F3N3O. The van der Waals surface area contributed by atoms with Crippen LogP contribution in [0.3, 0.4) is 0 Å². The van der Waals surface area contributed by atoms with Crippen LogP contribution < -0.4 is 10.6 Å². The van der Waals surface area contributed by atoms with Gasteiger partial charge in [-0.1, -0.05) is 13.3 Å². The Morgan fingerprint density at radius 1 is 1.43 bits per heavy atom. The van der Waals surface area contributed by atoms with Crippen molar-refractivity contribution >= 4 is 11.7 Å². The number of hydrogen-bond donors (Lipinski definition) is 1. The molecule has 2 rings (SSSR count). The number of halogens is 3. The molecular weight excluding hydrogens is 283 g/mol. The minimum absolute atomic E-state index is 0.0472. The quantitative estimate of drug-likeness (QED) is 0.878. The summed E-state index contributed by atoms with van der Waals surface area (Å²) in [4.78, 5) is 16.9. The van der Waals surface area contributed by atoms with Crippen molar-refractivity contribution in [1.82, 2.24) is 4.98 Å². The van der Waals surface area contributed by atoms with E-state index in [0.29, 0.717) is 6.54 Å². The van der Waals surface area contributed by atoms with E-state index in [1.807, 2.05) is 6.92 Å². The lowest BCUT2D eigenvalue weighted by molar-refractivity contribution is -0.141. The van der Waals surface area contributed by atoms with Crippen LogP contribution >= 0.6 is 0 Å². The zero-order chi connectivity index (χ0) is 15.6. The molecule has 0 bridgehead atoms. The Balaban J connectivity index is 2.43. The molecule has 21 heavy (non-hydrogen) atoms. The fraction of sp³-hybridized carbons (Fsp3) is 0.571. The van der Waals surface area contributed by atoms with Crippen LogP contribution in [-0.4, -0.2) is 23.5 Å². The lowest BCUT2D eigenvalue weighted by Crippen LogP contribution is -2.31. The summed E-state index contributed by atoms with van der Waals surface area (Å²) >= 11 is 0.